The van der Waals surface area contributed by atoms with Gasteiger partial charge in [-0.1, -0.05) is 17.7 Å². The summed E-state index contributed by atoms with van der Waals surface area (Å²) in [4.78, 5) is 20.3. The molecule has 0 aliphatic rings. The van der Waals surface area contributed by atoms with Crippen LogP contribution < -0.4 is 5.32 Å². The van der Waals surface area contributed by atoms with Gasteiger partial charge in [0.2, 0.25) is 0 Å². The average Bonchev–Trinajstić information content (AvgIpc) is 3.05. The van der Waals surface area contributed by atoms with Gasteiger partial charge in [-0.25, -0.2) is 4.98 Å². The summed E-state index contributed by atoms with van der Waals surface area (Å²) in [5.74, 6) is 0.308. The largest absolute Gasteiger partial charge is 0.506 e. The number of aromatic amines is 1. The van der Waals surface area contributed by atoms with Crippen molar-refractivity contribution in [2.24, 2.45) is 0 Å². The van der Waals surface area contributed by atoms with E-state index >= 15 is 0 Å². The Kier molecular flexibility index (Phi) is 4.20. The molecule has 0 radical (unpaired) electrons. The lowest BCUT2D eigenvalue weighted by Gasteiger charge is -2.06. The summed E-state index contributed by atoms with van der Waals surface area (Å²) in [7, 11) is 0. The number of aromatic hydroxyl groups is 1. The van der Waals surface area contributed by atoms with Crippen molar-refractivity contribution in [3.05, 3.63) is 59.1 Å². The molecule has 116 valence electrons. The summed E-state index contributed by atoms with van der Waals surface area (Å²) in [5.41, 5.74) is 0.924. The Balaban J connectivity index is 1.68. The number of hydrogen-bond acceptors (Lipinski definition) is 5. The maximum absolute atomic E-state index is 12.1. The summed E-state index contributed by atoms with van der Waals surface area (Å²) < 4.78 is 0. The highest BCUT2D eigenvalue weighted by Crippen LogP contribution is 2.26. The fourth-order valence-electron chi connectivity index (χ4n) is 1.96. The monoisotopic (exact) mass is 329 g/mol. The molecular formula is C15H12ClN5O2. The minimum absolute atomic E-state index is 0.103. The van der Waals surface area contributed by atoms with Crippen LogP contribution in [0.15, 0.2) is 42.7 Å². The van der Waals surface area contributed by atoms with Crippen molar-refractivity contribution in [2.45, 2.75) is 6.54 Å². The van der Waals surface area contributed by atoms with Gasteiger partial charge in [-0.2, -0.15) is 5.10 Å². The van der Waals surface area contributed by atoms with Gasteiger partial charge < -0.3 is 10.4 Å². The van der Waals surface area contributed by atoms with Crippen molar-refractivity contribution in [3.63, 3.8) is 0 Å². The Bertz CT molecular complexity index is 835. The summed E-state index contributed by atoms with van der Waals surface area (Å²) in [6, 6.07) is 8.16. The highest BCUT2D eigenvalue weighted by Gasteiger charge is 2.14. The standard InChI is InChI=1S/C15H12ClN5O2/c16-11-3-1-2-10(13(11)22)15(23)18-8-12-19-14(21-20-12)9-4-6-17-7-5-9/h1-7,22H,8H2,(H,18,23)(H,19,20,21). The topological polar surface area (TPSA) is 104 Å². The van der Waals surface area contributed by atoms with Crippen molar-refractivity contribution in [1.29, 1.82) is 0 Å². The second-order valence-corrected chi connectivity index (χ2v) is 5.07. The van der Waals surface area contributed by atoms with Crippen LogP contribution >= 0.6 is 11.6 Å². The average molecular weight is 330 g/mol. The fourth-order valence-corrected chi connectivity index (χ4v) is 2.14. The number of nitrogens with one attached hydrogen (secondary N) is 2. The van der Waals surface area contributed by atoms with Crippen molar-refractivity contribution in [2.75, 3.05) is 0 Å². The van der Waals surface area contributed by atoms with Crippen LogP contribution in [0, 0.1) is 0 Å². The molecule has 0 spiro atoms. The number of halogens is 1. The van der Waals surface area contributed by atoms with Crippen LogP contribution in [-0.4, -0.2) is 31.2 Å². The highest BCUT2D eigenvalue weighted by molar-refractivity contribution is 6.32. The van der Waals surface area contributed by atoms with Gasteiger partial charge in [-0.05, 0) is 24.3 Å². The number of hydrogen-bond donors (Lipinski definition) is 3. The third-order valence-electron chi connectivity index (χ3n) is 3.12. The number of benzene rings is 1. The SMILES string of the molecule is O=C(NCc1nc(-c2ccncc2)n[nH]1)c1cccc(Cl)c1O. The third kappa shape index (κ3) is 3.29. The molecular weight excluding hydrogens is 318 g/mol. The number of nitrogens with zero attached hydrogens (tertiary/aromatic N) is 3. The molecule has 0 fully saturated rings. The van der Waals surface area contributed by atoms with E-state index in [-0.39, 0.29) is 22.9 Å². The molecule has 0 bridgehead atoms. The number of rotatable bonds is 4. The third-order valence-corrected chi connectivity index (χ3v) is 3.42. The van der Waals surface area contributed by atoms with Crippen molar-refractivity contribution >= 4 is 17.5 Å². The van der Waals surface area contributed by atoms with Gasteiger partial charge in [0.25, 0.3) is 5.91 Å². The molecule has 3 N–H and O–H groups in total. The normalized spacial score (nSPS) is 10.5. The number of para-hydroxylation sites is 1. The van der Waals surface area contributed by atoms with Gasteiger partial charge in [0.15, 0.2) is 5.82 Å². The Morgan fingerprint density at radius 2 is 2.04 bits per heavy atom. The van der Waals surface area contributed by atoms with E-state index in [1.54, 1.807) is 30.6 Å². The molecule has 0 saturated carbocycles. The van der Waals surface area contributed by atoms with Crippen molar-refractivity contribution in [3.8, 4) is 17.1 Å². The lowest BCUT2D eigenvalue weighted by Crippen LogP contribution is -2.23. The first kappa shape index (κ1) is 15.0. The van der Waals surface area contributed by atoms with Crippen molar-refractivity contribution < 1.29 is 9.90 Å². The molecule has 0 atom stereocenters. The van der Waals surface area contributed by atoms with E-state index in [4.69, 9.17) is 11.6 Å². The number of pyridine rings is 1. The van der Waals surface area contributed by atoms with E-state index in [1.807, 2.05) is 0 Å². The smallest absolute Gasteiger partial charge is 0.255 e. The zero-order valence-corrected chi connectivity index (χ0v) is 12.6. The molecule has 3 rings (SSSR count). The van der Waals surface area contributed by atoms with E-state index in [9.17, 15) is 9.90 Å². The van der Waals surface area contributed by atoms with Gasteiger partial charge in [0, 0.05) is 18.0 Å². The zero-order valence-electron chi connectivity index (χ0n) is 11.8. The molecule has 3 aromatic rings. The van der Waals surface area contributed by atoms with Crippen LogP contribution in [0.4, 0.5) is 0 Å². The summed E-state index contributed by atoms with van der Waals surface area (Å²) in [6.07, 6.45) is 3.30. The van der Waals surface area contributed by atoms with Crippen LogP contribution in [-0.2, 0) is 6.54 Å². The van der Waals surface area contributed by atoms with Crippen LogP contribution in [0.1, 0.15) is 16.2 Å². The maximum Gasteiger partial charge on any atom is 0.255 e. The van der Waals surface area contributed by atoms with E-state index in [0.29, 0.717) is 11.6 Å². The number of H-pyrrole nitrogens is 1. The Hall–Kier alpha value is -2.93. The molecule has 2 heterocycles. The molecule has 0 saturated heterocycles. The molecule has 0 unspecified atom stereocenters. The minimum atomic E-state index is -0.452. The number of carbonyl (C=O) groups excluding carboxylic acids is 1. The first-order chi connectivity index (χ1) is 11.1. The van der Waals surface area contributed by atoms with Gasteiger partial charge in [-0.15, -0.1) is 0 Å². The van der Waals surface area contributed by atoms with E-state index in [2.05, 4.69) is 25.5 Å². The second-order valence-electron chi connectivity index (χ2n) is 4.66. The minimum Gasteiger partial charge on any atom is -0.506 e. The van der Waals surface area contributed by atoms with Crippen molar-refractivity contribution in [1.82, 2.24) is 25.5 Å². The lowest BCUT2D eigenvalue weighted by atomic mass is 10.2. The van der Waals surface area contributed by atoms with E-state index in [1.165, 1.54) is 12.1 Å². The molecule has 8 heteroatoms. The number of aromatic nitrogens is 4. The van der Waals surface area contributed by atoms with E-state index < -0.39 is 5.91 Å². The summed E-state index contributed by atoms with van der Waals surface area (Å²) in [6.45, 7) is 0.142. The number of carbonyl (C=O) groups is 1. The van der Waals surface area contributed by atoms with E-state index in [0.717, 1.165) is 5.56 Å². The summed E-state index contributed by atoms with van der Waals surface area (Å²) >= 11 is 5.78. The van der Waals surface area contributed by atoms with Gasteiger partial charge in [0.1, 0.15) is 11.6 Å². The first-order valence-corrected chi connectivity index (χ1v) is 7.10. The predicted octanol–water partition coefficient (Wildman–Crippen LogP) is 2.16. The van der Waals surface area contributed by atoms with Gasteiger partial charge >= 0.3 is 0 Å². The molecule has 7 nitrogen and oxygen atoms in total. The molecule has 0 aliphatic carbocycles. The molecule has 2 aromatic heterocycles. The maximum atomic E-state index is 12.1. The summed E-state index contributed by atoms with van der Waals surface area (Å²) in [5, 5.41) is 19.4. The Morgan fingerprint density at radius 1 is 1.26 bits per heavy atom. The first-order valence-electron chi connectivity index (χ1n) is 6.72. The number of phenolic OH excluding ortho intramolecular Hbond substituents is 1. The Labute approximate surface area is 136 Å². The molecule has 1 aromatic carbocycles. The predicted molar refractivity (Wildman–Crippen MR) is 83.9 cm³/mol. The van der Waals surface area contributed by atoms with Crippen LogP contribution in [0.2, 0.25) is 5.02 Å². The second kappa shape index (κ2) is 6.45. The van der Waals surface area contributed by atoms with Crippen LogP contribution in [0.25, 0.3) is 11.4 Å². The lowest BCUT2D eigenvalue weighted by molar-refractivity contribution is 0.0947. The highest BCUT2D eigenvalue weighted by atomic mass is 35.5. The zero-order chi connectivity index (χ0) is 16.2. The van der Waals surface area contributed by atoms with Crippen LogP contribution in [0.3, 0.4) is 0 Å². The number of phenols is 1. The van der Waals surface area contributed by atoms with Gasteiger partial charge in [-0.3, -0.25) is 14.9 Å². The molecule has 23 heavy (non-hydrogen) atoms. The number of amides is 1. The van der Waals surface area contributed by atoms with Gasteiger partial charge in [0.05, 0.1) is 17.1 Å². The Morgan fingerprint density at radius 3 is 2.83 bits per heavy atom. The quantitative estimate of drug-likeness (QED) is 0.680. The fraction of sp³-hybridized carbons (Fsp3) is 0.0667. The molecule has 0 aliphatic heterocycles. The molecule has 1 amide bonds. The van der Waals surface area contributed by atoms with Crippen LogP contribution in [0.5, 0.6) is 5.75 Å².